The van der Waals surface area contributed by atoms with Crippen molar-refractivity contribution in [3.8, 4) is 0 Å². The average molecular weight is 346 g/mol. The fourth-order valence-corrected chi connectivity index (χ4v) is 4.48. The molecule has 0 radical (unpaired) electrons. The summed E-state index contributed by atoms with van der Waals surface area (Å²) in [7, 11) is 1.66. The first-order valence-corrected chi connectivity index (χ1v) is 9.24. The molecule has 0 unspecified atom stereocenters. The highest BCUT2D eigenvalue weighted by atomic mass is 32.1. The van der Waals surface area contributed by atoms with Gasteiger partial charge in [-0.3, -0.25) is 9.69 Å². The van der Waals surface area contributed by atoms with Crippen LogP contribution < -0.4 is 5.32 Å². The van der Waals surface area contributed by atoms with E-state index in [2.05, 4.69) is 37.3 Å². The van der Waals surface area contributed by atoms with Gasteiger partial charge >= 0.3 is 0 Å². The molecule has 24 heavy (non-hydrogen) atoms. The predicted molar refractivity (Wildman–Crippen MR) is 91.7 cm³/mol. The SMILES string of the molecule is CNC(=O)[C@@H]1Cn2ccnc2C2(CCN(Cc3cccs3)CC2)O1. The lowest BCUT2D eigenvalue weighted by atomic mass is 9.88. The van der Waals surface area contributed by atoms with Gasteiger partial charge in [-0.1, -0.05) is 6.07 Å². The van der Waals surface area contributed by atoms with Crippen LogP contribution in [0.4, 0.5) is 0 Å². The summed E-state index contributed by atoms with van der Waals surface area (Å²) in [6, 6.07) is 4.28. The Balaban J connectivity index is 1.51. The van der Waals surface area contributed by atoms with E-state index in [-0.39, 0.29) is 5.91 Å². The minimum atomic E-state index is -0.444. The second kappa shape index (κ2) is 6.31. The van der Waals surface area contributed by atoms with Crippen molar-refractivity contribution in [1.29, 1.82) is 0 Å². The fourth-order valence-electron chi connectivity index (χ4n) is 3.73. The van der Waals surface area contributed by atoms with E-state index < -0.39 is 11.7 Å². The molecule has 1 N–H and O–H groups in total. The van der Waals surface area contributed by atoms with E-state index in [0.29, 0.717) is 6.54 Å². The Bertz CT molecular complexity index is 704. The summed E-state index contributed by atoms with van der Waals surface area (Å²) < 4.78 is 8.40. The number of aromatic nitrogens is 2. The minimum absolute atomic E-state index is 0.0604. The van der Waals surface area contributed by atoms with Gasteiger partial charge in [-0.25, -0.2) is 4.98 Å². The van der Waals surface area contributed by atoms with Gasteiger partial charge in [0, 0.05) is 44.0 Å². The number of hydrogen-bond acceptors (Lipinski definition) is 5. The summed E-state index contributed by atoms with van der Waals surface area (Å²) >= 11 is 1.80. The quantitative estimate of drug-likeness (QED) is 0.917. The molecule has 128 valence electrons. The first-order valence-electron chi connectivity index (χ1n) is 8.36. The molecule has 7 heteroatoms. The number of likely N-dealkylation sites (N-methyl/N-ethyl adjacent to an activating group) is 1. The first kappa shape index (κ1) is 15.8. The fraction of sp³-hybridized carbons (Fsp3) is 0.529. The third kappa shape index (κ3) is 2.76. The van der Waals surface area contributed by atoms with Crippen LogP contribution in [0, 0.1) is 0 Å². The molecule has 0 saturated carbocycles. The molecule has 4 heterocycles. The zero-order chi connectivity index (χ0) is 16.6. The van der Waals surface area contributed by atoms with Crippen molar-refractivity contribution in [2.45, 2.75) is 37.6 Å². The highest BCUT2D eigenvalue weighted by Gasteiger charge is 2.46. The van der Waals surface area contributed by atoms with E-state index in [1.807, 2.05) is 12.4 Å². The Kier molecular flexibility index (Phi) is 4.15. The Morgan fingerprint density at radius 3 is 3.04 bits per heavy atom. The van der Waals surface area contributed by atoms with Crippen LogP contribution in [0.25, 0.3) is 0 Å². The van der Waals surface area contributed by atoms with Gasteiger partial charge in [-0.15, -0.1) is 11.3 Å². The molecule has 2 aromatic rings. The van der Waals surface area contributed by atoms with Gasteiger partial charge in [-0.05, 0) is 24.3 Å². The Hall–Kier alpha value is -1.70. The summed E-state index contributed by atoms with van der Waals surface area (Å²) in [6.45, 7) is 3.42. The van der Waals surface area contributed by atoms with E-state index >= 15 is 0 Å². The second-order valence-electron chi connectivity index (χ2n) is 6.47. The lowest BCUT2D eigenvalue weighted by molar-refractivity contribution is -0.173. The van der Waals surface area contributed by atoms with Gasteiger partial charge in [0.15, 0.2) is 6.10 Å². The van der Waals surface area contributed by atoms with Crippen LogP contribution in [0.15, 0.2) is 29.9 Å². The average Bonchev–Trinajstić information content (AvgIpc) is 3.28. The maximum Gasteiger partial charge on any atom is 0.250 e. The molecule has 0 bridgehead atoms. The summed E-state index contributed by atoms with van der Waals surface area (Å²) in [5, 5.41) is 4.83. The largest absolute Gasteiger partial charge is 0.357 e. The number of amides is 1. The van der Waals surface area contributed by atoms with Crippen LogP contribution in [0.5, 0.6) is 0 Å². The standard InChI is InChI=1S/C17H22N4O2S/c1-18-15(22)14-12-21-9-6-19-16(21)17(23-14)4-7-20(8-5-17)11-13-3-2-10-24-13/h2-3,6,9-10,14H,4-5,7-8,11-12H2,1H3,(H,18,22)/t14-/m0/s1. The molecule has 2 aliphatic rings. The smallest absolute Gasteiger partial charge is 0.250 e. The van der Waals surface area contributed by atoms with Crippen molar-refractivity contribution in [1.82, 2.24) is 19.8 Å². The van der Waals surface area contributed by atoms with Crippen molar-refractivity contribution in [3.63, 3.8) is 0 Å². The topological polar surface area (TPSA) is 59.4 Å². The highest BCUT2D eigenvalue weighted by Crippen LogP contribution is 2.40. The normalized spacial score (nSPS) is 23.1. The summed E-state index contributed by atoms with van der Waals surface area (Å²) in [5.74, 6) is 0.910. The zero-order valence-electron chi connectivity index (χ0n) is 13.8. The van der Waals surface area contributed by atoms with Gasteiger partial charge in [0.05, 0.1) is 6.54 Å². The number of carbonyl (C=O) groups excluding carboxylic acids is 1. The van der Waals surface area contributed by atoms with Crippen molar-refractivity contribution in [3.05, 3.63) is 40.6 Å². The second-order valence-corrected chi connectivity index (χ2v) is 7.51. The number of nitrogens with one attached hydrogen (secondary N) is 1. The molecule has 1 fully saturated rings. The lowest BCUT2D eigenvalue weighted by Gasteiger charge is -2.45. The van der Waals surface area contributed by atoms with E-state index in [4.69, 9.17) is 4.74 Å². The summed E-state index contributed by atoms with van der Waals surface area (Å²) in [5.41, 5.74) is -0.440. The number of likely N-dealkylation sites (tertiary alicyclic amines) is 1. The van der Waals surface area contributed by atoms with Crippen LogP contribution in [0.3, 0.4) is 0 Å². The van der Waals surface area contributed by atoms with E-state index in [0.717, 1.165) is 38.3 Å². The van der Waals surface area contributed by atoms with Crippen LogP contribution >= 0.6 is 11.3 Å². The van der Waals surface area contributed by atoms with E-state index in [1.54, 1.807) is 18.4 Å². The van der Waals surface area contributed by atoms with Crippen molar-refractivity contribution in [2.75, 3.05) is 20.1 Å². The number of ether oxygens (including phenoxy) is 1. The summed E-state index contributed by atoms with van der Waals surface area (Å²) in [6.07, 6.45) is 5.05. The molecule has 6 nitrogen and oxygen atoms in total. The van der Waals surface area contributed by atoms with Crippen molar-refractivity contribution < 1.29 is 9.53 Å². The zero-order valence-corrected chi connectivity index (χ0v) is 14.6. The van der Waals surface area contributed by atoms with Crippen molar-refractivity contribution in [2.24, 2.45) is 0 Å². The van der Waals surface area contributed by atoms with Crippen LogP contribution in [0.2, 0.25) is 0 Å². The number of hydrogen-bond donors (Lipinski definition) is 1. The molecule has 1 atom stereocenters. The van der Waals surface area contributed by atoms with Gasteiger partial charge in [-0.2, -0.15) is 0 Å². The number of piperidine rings is 1. The van der Waals surface area contributed by atoms with Gasteiger partial charge in [0.1, 0.15) is 11.4 Å². The van der Waals surface area contributed by atoms with Crippen LogP contribution in [0.1, 0.15) is 23.5 Å². The molecule has 0 aliphatic carbocycles. The van der Waals surface area contributed by atoms with E-state index in [1.165, 1.54) is 4.88 Å². The number of rotatable bonds is 3. The maximum absolute atomic E-state index is 12.1. The highest BCUT2D eigenvalue weighted by molar-refractivity contribution is 7.09. The molecule has 0 aromatic carbocycles. The molecular weight excluding hydrogens is 324 g/mol. The lowest BCUT2D eigenvalue weighted by Crippen LogP contribution is -2.53. The first-order chi connectivity index (χ1) is 11.7. The van der Waals surface area contributed by atoms with Gasteiger partial charge in [0.2, 0.25) is 0 Å². The van der Waals surface area contributed by atoms with Gasteiger partial charge < -0.3 is 14.6 Å². The third-order valence-corrected chi connectivity index (χ3v) is 5.88. The number of fused-ring (bicyclic) bond motifs is 2. The van der Waals surface area contributed by atoms with Gasteiger partial charge in [0.25, 0.3) is 5.91 Å². The summed E-state index contributed by atoms with van der Waals surface area (Å²) in [4.78, 5) is 20.5. The Labute approximate surface area is 145 Å². The van der Waals surface area contributed by atoms with Crippen molar-refractivity contribution >= 4 is 17.2 Å². The molecule has 2 aromatic heterocycles. The number of imidazole rings is 1. The third-order valence-electron chi connectivity index (χ3n) is 5.02. The van der Waals surface area contributed by atoms with E-state index in [9.17, 15) is 4.79 Å². The molecule has 1 amide bonds. The molecular formula is C17H22N4O2S. The minimum Gasteiger partial charge on any atom is -0.357 e. The number of thiophene rings is 1. The van der Waals surface area contributed by atoms with Crippen LogP contribution in [-0.2, 0) is 28.2 Å². The predicted octanol–water partition coefficient (Wildman–Crippen LogP) is 1.58. The monoisotopic (exact) mass is 346 g/mol. The number of carbonyl (C=O) groups is 1. The molecule has 1 spiro atoms. The van der Waals surface area contributed by atoms with Crippen LogP contribution in [-0.4, -0.2) is 46.6 Å². The molecule has 4 rings (SSSR count). The molecule has 1 saturated heterocycles. The maximum atomic E-state index is 12.1. The number of nitrogens with zero attached hydrogens (tertiary/aromatic N) is 3. The Morgan fingerprint density at radius 1 is 1.50 bits per heavy atom. The molecule has 2 aliphatic heterocycles. The Morgan fingerprint density at radius 2 is 2.33 bits per heavy atom.